The second-order valence-electron chi connectivity index (χ2n) is 6.60. The third-order valence-electron chi connectivity index (χ3n) is 4.81. The summed E-state index contributed by atoms with van der Waals surface area (Å²) in [5.74, 6) is 1.75. The minimum absolute atomic E-state index is 0.279. The van der Waals surface area contributed by atoms with Crippen LogP contribution in [0.2, 0.25) is 0 Å². The third kappa shape index (κ3) is 4.43. The predicted molar refractivity (Wildman–Crippen MR) is 112 cm³/mol. The van der Waals surface area contributed by atoms with Crippen molar-refractivity contribution in [2.24, 2.45) is 0 Å². The molecule has 0 unspecified atom stereocenters. The number of nitrogens with zero attached hydrogens (tertiary/aromatic N) is 5. The number of aromatic nitrogens is 3. The van der Waals surface area contributed by atoms with Crippen molar-refractivity contribution in [1.29, 1.82) is 0 Å². The predicted octanol–water partition coefficient (Wildman–Crippen LogP) is 2.46. The highest BCUT2D eigenvalue weighted by molar-refractivity contribution is 6.02. The normalized spacial score (nSPS) is 13.8. The Morgan fingerprint density at radius 1 is 0.966 bits per heavy atom. The Hall–Kier alpha value is -3.68. The maximum Gasteiger partial charge on any atom is 0.275 e. The van der Waals surface area contributed by atoms with Gasteiger partial charge in [-0.05, 0) is 30.3 Å². The van der Waals surface area contributed by atoms with E-state index in [0.29, 0.717) is 11.6 Å². The van der Waals surface area contributed by atoms with Crippen LogP contribution in [0.1, 0.15) is 10.5 Å². The number of pyridine rings is 3. The Kier molecular flexibility index (Phi) is 5.51. The van der Waals surface area contributed by atoms with E-state index in [1.54, 1.807) is 31.5 Å². The SMILES string of the molecule is COc1ccnc(C(=O)Nc2ccc(N3CCN(c4ccccn4)CC3)cn2)c1. The molecule has 0 atom stereocenters. The Labute approximate surface area is 169 Å². The van der Waals surface area contributed by atoms with Gasteiger partial charge in [0.25, 0.3) is 5.91 Å². The van der Waals surface area contributed by atoms with Crippen LogP contribution in [0.4, 0.5) is 17.3 Å². The zero-order valence-corrected chi connectivity index (χ0v) is 16.2. The lowest BCUT2D eigenvalue weighted by atomic mass is 10.2. The number of hydrogen-bond acceptors (Lipinski definition) is 7. The van der Waals surface area contributed by atoms with E-state index >= 15 is 0 Å². The molecule has 4 rings (SSSR count). The molecule has 1 aliphatic rings. The van der Waals surface area contributed by atoms with Gasteiger partial charge in [-0.3, -0.25) is 9.78 Å². The molecule has 0 saturated carbocycles. The summed E-state index contributed by atoms with van der Waals surface area (Å²) >= 11 is 0. The summed E-state index contributed by atoms with van der Waals surface area (Å²) in [4.78, 5) is 29.8. The molecule has 1 saturated heterocycles. The zero-order valence-electron chi connectivity index (χ0n) is 16.2. The van der Waals surface area contributed by atoms with Crippen molar-refractivity contribution in [1.82, 2.24) is 15.0 Å². The molecule has 0 spiro atoms. The van der Waals surface area contributed by atoms with Crippen molar-refractivity contribution in [3.63, 3.8) is 0 Å². The van der Waals surface area contributed by atoms with Gasteiger partial charge in [-0.25, -0.2) is 9.97 Å². The quantitative estimate of drug-likeness (QED) is 0.716. The van der Waals surface area contributed by atoms with E-state index in [9.17, 15) is 4.79 Å². The standard InChI is InChI=1S/C21H22N6O2/c1-29-17-7-9-22-18(14-17)21(28)25-19-6-5-16(15-24-19)26-10-12-27(13-11-26)20-4-2-3-8-23-20/h2-9,14-15H,10-13H2,1H3,(H,24,25,28). The van der Waals surface area contributed by atoms with E-state index in [1.807, 2.05) is 30.5 Å². The topological polar surface area (TPSA) is 83.5 Å². The highest BCUT2D eigenvalue weighted by atomic mass is 16.5. The second-order valence-corrected chi connectivity index (χ2v) is 6.60. The molecule has 148 valence electrons. The lowest BCUT2D eigenvalue weighted by Crippen LogP contribution is -2.46. The molecule has 0 aliphatic carbocycles. The van der Waals surface area contributed by atoms with Crippen LogP contribution in [0.3, 0.4) is 0 Å². The number of hydrogen-bond donors (Lipinski definition) is 1. The fourth-order valence-electron chi connectivity index (χ4n) is 3.22. The van der Waals surface area contributed by atoms with Gasteiger partial charge in [-0.1, -0.05) is 6.07 Å². The number of rotatable bonds is 5. The fraction of sp³-hybridized carbons (Fsp3) is 0.238. The summed E-state index contributed by atoms with van der Waals surface area (Å²) in [5.41, 5.74) is 1.31. The molecule has 3 aromatic heterocycles. The van der Waals surface area contributed by atoms with Crippen molar-refractivity contribution in [2.45, 2.75) is 0 Å². The van der Waals surface area contributed by atoms with Gasteiger partial charge in [0.15, 0.2) is 0 Å². The van der Waals surface area contributed by atoms with Crippen molar-refractivity contribution < 1.29 is 9.53 Å². The monoisotopic (exact) mass is 390 g/mol. The summed E-state index contributed by atoms with van der Waals surface area (Å²) < 4.78 is 5.13. The Bertz CT molecular complexity index is 956. The molecule has 4 heterocycles. The first kappa shape index (κ1) is 18.7. The van der Waals surface area contributed by atoms with Crippen LogP contribution >= 0.6 is 0 Å². The molecular weight excluding hydrogens is 368 g/mol. The third-order valence-corrected chi connectivity index (χ3v) is 4.81. The smallest absolute Gasteiger partial charge is 0.275 e. The summed E-state index contributed by atoms with van der Waals surface area (Å²) in [7, 11) is 1.55. The molecule has 29 heavy (non-hydrogen) atoms. The van der Waals surface area contributed by atoms with Gasteiger partial charge in [0.2, 0.25) is 0 Å². The van der Waals surface area contributed by atoms with Crippen LogP contribution in [0.5, 0.6) is 5.75 Å². The molecule has 8 heteroatoms. The first-order valence-electron chi connectivity index (χ1n) is 9.41. The van der Waals surface area contributed by atoms with Gasteiger partial charge in [-0.2, -0.15) is 0 Å². The van der Waals surface area contributed by atoms with Crippen LogP contribution in [-0.4, -0.2) is 54.1 Å². The summed E-state index contributed by atoms with van der Waals surface area (Å²) in [6, 6.07) is 13.0. The number of carbonyl (C=O) groups is 1. The van der Waals surface area contributed by atoms with Crippen LogP contribution in [0, 0.1) is 0 Å². The first-order valence-corrected chi connectivity index (χ1v) is 9.41. The summed E-state index contributed by atoms with van der Waals surface area (Å²) in [6.07, 6.45) is 5.14. The summed E-state index contributed by atoms with van der Waals surface area (Å²) in [6.45, 7) is 3.57. The highest BCUT2D eigenvalue weighted by Gasteiger charge is 2.18. The Morgan fingerprint density at radius 3 is 2.48 bits per heavy atom. The number of methoxy groups -OCH3 is 1. The molecule has 3 aromatic rings. The first-order chi connectivity index (χ1) is 14.2. The number of piperazine rings is 1. The Morgan fingerprint density at radius 2 is 1.79 bits per heavy atom. The van der Waals surface area contributed by atoms with Crippen LogP contribution in [0.15, 0.2) is 61.1 Å². The average Bonchev–Trinajstić information content (AvgIpc) is 2.80. The molecule has 0 aromatic carbocycles. The lowest BCUT2D eigenvalue weighted by molar-refractivity contribution is 0.102. The molecule has 1 N–H and O–H groups in total. The molecule has 1 fully saturated rings. The molecule has 1 amide bonds. The van der Waals surface area contributed by atoms with Crippen molar-refractivity contribution in [2.75, 3.05) is 48.4 Å². The minimum Gasteiger partial charge on any atom is -0.497 e. The van der Waals surface area contributed by atoms with E-state index in [0.717, 1.165) is 37.7 Å². The molecule has 8 nitrogen and oxygen atoms in total. The number of nitrogens with one attached hydrogen (secondary N) is 1. The summed E-state index contributed by atoms with van der Waals surface area (Å²) in [5, 5.41) is 2.77. The van der Waals surface area contributed by atoms with Crippen molar-refractivity contribution in [3.8, 4) is 5.75 Å². The molecule has 0 radical (unpaired) electrons. The number of amides is 1. The minimum atomic E-state index is -0.326. The highest BCUT2D eigenvalue weighted by Crippen LogP contribution is 2.20. The van der Waals surface area contributed by atoms with Gasteiger partial charge in [-0.15, -0.1) is 0 Å². The number of anilines is 3. The molecule has 0 bridgehead atoms. The maximum absolute atomic E-state index is 12.3. The zero-order chi connectivity index (χ0) is 20.1. The van der Waals surface area contributed by atoms with Gasteiger partial charge < -0.3 is 19.9 Å². The van der Waals surface area contributed by atoms with Gasteiger partial charge in [0.05, 0.1) is 19.0 Å². The molecular formula is C21H22N6O2. The lowest BCUT2D eigenvalue weighted by Gasteiger charge is -2.36. The van der Waals surface area contributed by atoms with Crippen molar-refractivity contribution in [3.05, 3.63) is 66.7 Å². The van der Waals surface area contributed by atoms with E-state index in [4.69, 9.17) is 4.74 Å². The van der Waals surface area contributed by atoms with Gasteiger partial charge in [0, 0.05) is 44.6 Å². The van der Waals surface area contributed by atoms with E-state index in [1.165, 1.54) is 6.20 Å². The number of ether oxygens (including phenoxy) is 1. The van der Waals surface area contributed by atoms with Gasteiger partial charge >= 0.3 is 0 Å². The maximum atomic E-state index is 12.3. The van der Waals surface area contributed by atoms with Crippen LogP contribution in [-0.2, 0) is 0 Å². The fourth-order valence-corrected chi connectivity index (χ4v) is 3.22. The van der Waals surface area contributed by atoms with Crippen LogP contribution < -0.4 is 19.9 Å². The second kappa shape index (κ2) is 8.55. The largest absolute Gasteiger partial charge is 0.497 e. The van der Waals surface area contributed by atoms with Crippen LogP contribution in [0.25, 0.3) is 0 Å². The van der Waals surface area contributed by atoms with E-state index < -0.39 is 0 Å². The van der Waals surface area contributed by atoms with E-state index in [2.05, 4.69) is 30.1 Å². The average molecular weight is 390 g/mol. The van der Waals surface area contributed by atoms with Gasteiger partial charge in [0.1, 0.15) is 23.1 Å². The molecule has 1 aliphatic heterocycles. The Balaban J connectivity index is 1.35. The van der Waals surface area contributed by atoms with Crippen molar-refractivity contribution >= 4 is 23.2 Å². The number of carbonyl (C=O) groups excluding carboxylic acids is 1. The van der Waals surface area contributed by atoms with E-state index in [-0.39, 0.29) is 11.6 Å².